The van der Waals surface area contributed by atoms with Gasteiger partial charge in [0.05, 0.1) is 22.3 Å². The first-order valence-electron chi connectivity index (χ1n) is 8.15. The molecule has 0 spiro atoms. The van der Waals surface area contributed by atoms with E-state index in [9.17, 15) is 21.0 Å². The lowest BCUT2D eigenvalue weighted by atomic mass is 9.75. The van der Waals surface area contributed by atoms with Crippen LogP contribution in [0.3, 0.4) is 0 Å². The Balaban J connectivity index is 1.99. The van der Waals surface area contributed by atoms with Crippen molar-refractivity contribution in [2.24, 2.45) is 0 Å². The highest BCUT2D eigenvalue weighted by atomic mass is 14.4. The summed E-state index contributed by atoms with van der Waals surface area (Å²) < 4.78 is 0. The van der Waals surface area contributed by atoms with Gasteiger partial charge in [0.15, 0.2) is 0 Å². The first kappa shape index (κ1) is 15.0. The third-order valence-electron chi connectivity index (χ3n) is 5.45. The minimum absolute atomic E-state index is 0.114. The molecule has 0 saturated heterocycles. The molecule has 0 aliphatic heterocycles. The van der Waals surface area contributed by atoms with Crippen LogP contribution >= 0.6 is 0 Å². The SMILES string of the molecule is N#Cc1cc2c(cc1C#N)C1CCC(C2)c2cc(C#N)c(C#N)cc21. The zero-order chi connectivity index (χ0) is 17.6. The highest BCUT2D eigenvalue weighted by molar-refractivity contribution is 5.60. The van der Waals surface area contributed by atoms with Gasteiger partial charge in [-0.15, -0.1) is 0 Å². The minimum atomic E-state index is 0.114. The molecular formula is C21H12N4. The van der Waals surface area contributed by atoms with Gasteiger partial charge in [0.25, 0.3) is 0 Å². The van der Waals surface area contributed by atoms with Gasteiger partial charge in [0, 0.05) is 5.92 Å². The van der Waals surface area contributed by atoms with Gasteiger partial charge in [-0.05, 0) is 71.7 Å². The van der Waals surface area contributed by atoms with Crippen molar-refractivity contribution < 1.29 is 0 Å². The number of hydrogen-bond donors (Lipinski definition) is 0. The van der Waals surface area contributed by atoms with E-state index >= 15 is 0 Å². The molecule has 2 unspecified atom stereocenters. The molecule has 2 aromatic rings. The first-order valence-corrected chi connectivity index (χ1v) is 8.15. The van der Waals surface area contributed by atoms with Crippen LogP contribution in [0.25, 0.3) is 0 Å². The number of fused-ring (bicyclic) bond motifs is 1. The van der Waals surface area contributed by atoms with E-state index < -0.39 is 0 Å². The van der Waals surface area contributed by atoms with E-state index in [0.29, 0.717) is 22.3 Å². The van der Waals surface area contributed by atoms with Crippen LogP contribution in [0.1, 0.15) is 69.2 Å². The summed E-state index contributed by atoms with van der Waals surface area (Å²) in [5.74, 6) is 0.398. The number of hydrogen-bond acceptors (Lipinski definition) is 4. The minimum Gasteiger partial charge on any atom is -0.192 e. The molecule has 2 bridgehead atoms. The smallest absolute Gasteiger partial charge is 0.101 e. The summed E-state index contributed by atoms with van der Waals surface area (Å²) in [6, 6.07) is 15.9. The second-order valence-corrected chi connectivity index (χ2v) is 6.60. The highest BCUT2D eigenvalue weighted by Gasteiger charge is 2.35. The van der Waals surface area contributed by atoms with Crippen molar-refractivity contribution in [3.05, 3.63) is 68.8 Å². The molecule has 5 rings (SSSR count). The molecule has 0 N–H and O–H groups in total. The molecule has 0 fully saturated rings. The molecular weight excluding hydrogens is 308 g/mol. The molecule has 116 valence electrons. The summed E-state index contributed by atoms with van der Waals surface area (Å²) in [5.41, 5.74) is 6.09. The molecule has 0 heterocycles. The van der Waals surface area contributed by atoms with Crippen LogP contribution in [-0.4, -0.2) is 0 Å². The van der Waals surface area contributed by atoms with E-state index in [4.69, 9.17) is 0 Å². The van der Waals surface area contributed by atoms with E-state index in [1.165, 1.54) is 0 Å². The van der Waals surface area contributed by atoms with Gasteiger partial charge >= 0.3 is 0 Å². The summed E-state index contributed by atoms with van der Waals surface area (Å²) in [6.07, 6.45) is 2.76. The Morgan fingerprint density at radius 1 is 0.640 bits per heavy atom. The van der Waals surface area contributed by atoms with E-state index in [2.05, 4.69) is 24.3 Å². The number of nitriles is 4. The van der Waals surface area contributed by atoms with Gasteiger partial charge in [-0.2, -0.15) is 21.0 Å². The van der Waals surface area contributed by atoms with E-state index in [0.717, 1.165) is 41.5 Å². The van der Waals surface area contributed by atoms with Gasteiger partial charge in [0.2, 0.25) is 0 Å². The predicted molar refractivity (Wildman–Crippen MR) is 89.3 cm³/mol. The van der Waals surface area contributed by atoms with Crippen molar-refractivity contribution in [3.8, 4) is 24.3 Å². The molecule has 0 amide bonds. The Hall–Kier alpha value is -3.60. The third kappa shape index (κ3) is 2.10. The highest BCUT2D eigenvalue weighted by Crippen LogP contribution is 2.49. The Labute approximate surface area is 145 Å². The molecule has 0 radical (unpaired) electrons. The normalized spacial score (nSPS) is 19.4. The van der Waals surface area contributed by atoms with Crippen LogP contribution in [0.4, 0.5) is 0 Å². The summed E-state index contributed by atoms with van der Waals surface area (Å²) in [5, 5.41) is 37.3. The first-order chi connectivity index (χ1) is 12.2. The maximum atomic E-state index is 9.36. The van der Waals surface area contributed by atoms with Crippen molar-refractivity contribution >= 4 is 0 Å². The third-order valence-corrected chi connectivity index (χ3v) is 5.45. The molecule has 2 atom stereocenters. The average Bonchev–Trinajstić information content (AvgIpc) is 2.91. The summed E-state index contributed by atoms with van der Waals surface area (Å²) >= 11 is 0. The van der Waals surface area contributed by atoms with Crippen LogP contribution in [-0.2, 0) is 6.42 Å². The number of nitrogens with zero attached hydrogens (tertiary/aromatic N) is 4. The van der Waals surface area contributed by atoms with Crippen molar-refractivity contribution in [1.82, 2.24) is 0 Å². The lowest BCUT2D eigenvalue weighted by Crippen LogP contribution is -2.13. The largest absolute Gasteiger partial charge is 0.192 e. The van der Waals surface area contributed by atoms with Gasteiger partial charge in [0.1, 0.15) is 24.3 Å². The van der Waals surface area contributed by atoms with Gasteiger partial charge in [-0.3, -0.25) is 0 Å². The second-order valence-electron chi connectivity index (χ2n) is 6.60. The van der Waals surface area contributed by atoms with Crippen LogP contribution < -0.4 is 0 Å². The van der Waals surface area contributed by atoms with Crippen molar-refractivity contribution in [2.75, 3.05) is 0 Å². The maximum Gasteiger partial charge on any atom is 0.101 e. The summed E-state index contributed by atoms with van der Waals surface area (Å²) in [6.45, 7) is 0. The molecule has 4 heteroatoms. The lowest BCUT2D eigenvalue weighted by Gasteiger charge is -2.28. The Kier molecular flexibility index (Phi) is 3.28. The summed E-state index contributed by atoms with van der Waals surface area (Å²) in [4.78, 5) is 0. The van der Waals surface area contributed by atoms with Gasteiger partial charge in [-0.1, -0.05) is 0 Å². The van der Waals surface area contributed by atoms with E-state index in [1.807, 2.05) is 24.3 Å². The zero-order valence-electron chi connectivity index (χ0n) is 13.4. The molecule has 3 aliphatic rings. The predicted octanol–water partition coefficient (Wildman–Crippen LogP) is 3.74. The quantitative estimate of drug-likeness (QED) is 0.738. The van der Waals surface area contributed by atoms with Crippen LogP contribution in [0.5, 0.6) is 0 Å². The molecule has 4 nitrogen and oxygen atoms in total. The van der Waals surface area contributed by atoms with E-state index in [-0.39, 0.29) is 11.8 Å². The Morgan fingerprint density at radius 2 is 1.16 bits per heavy atom. The van der Waals surface area contributed by atoms with Gasteiger partial charge < -0.3 is 0 Å². The standard InChI is InChI=1S/C21H12N4/c22-8-14-4-13-3-12-1-2-18(20(13)6-15(14)9-23)21-7-17(11-25)16(10-24)5-19(12)21/h4-7,12,18H,1-3H2. The van der Waals surface area contributed by atoms with Crippen LogP contribution in [0, 0.1) is 45.3 Å². The molecule has 0 saturated carbocycles. The fraction of sp³-hybridized carbons (Fsp3) is 0.238. The average molecular weight is 320 g/mol. The fourth-order valence-electron chi connectivity index (χ4n) is 4.30. The van der Waals surface area contributed by atoms with Crippen LogP contribution in [0.2, 0.25) is 0 Å². The fourth-order valence-corrected chi connectivity index (χ4v) is 4.30. The number of benzene rings is 2. The Morgan fingerprint density at radius 3 is 1.76 bits per heavy atom. The van der Waals surface area contributed by atoms with Crippen molar-refractivity contribution in [2.45, 2.75) is 31.1 Å². The molecule has 25 heavy (non-hydrogen) atoms. The van der Waals surface area contributed by atoms with E-state index in [1.54, 1.807) is 0 Å². The number of rotatable bonds is 0. The molecule has 3 aliphatic carbocycles. The van der Waals surface area contributed by atoms with Crippen molar-refractivity contribution in [3.63, 3.8) is 0 Å². The van der Waals surface area contributed by atoms with Gasteiger partial charge in [-0.25, -0.2) is 0 Å². The summed E-state index contributed by atoms with van der Waals surface area (Å²) in [7, 11) is 0. The zero-order valence-corrected chi connectivity index (χ0v) is 13.4. The lowest BCUT2D eigenvalue weighted by molar-refractivity contribution is 0.542. The second kappa shape index (κ2) is 5.49. The molecule has 2 aromatic carbocycles. The molecule has 0 aromatic heterocycles. The monoisotopic (exact) mass is 320 g/mol. The maximum absolute atomic E-state index is 9.36. The van der Waals surface area contributed by atoms with Crippen LogP contribution in [0.15, 0.2) is 24.3 Å². The topological polar surface area (TPSA) is 95.2 Å². The van der Waals surface area contributed by atoms with Crippen molar-refractivity contribution in [1.29, 1.82) is 21.0 Å². The Bertz CT molecular complexity index is 1080.